The van der Waals surface area contributed by atoms with Crippen molar-refractivity contribution in [2.75, 3.05) is 13.1 Å². The molecule has 0 aromatic heterocycles. The van der Waals surface area contributed by atoms with Gasteiger partial charge in [-0.15, -0.1) is 0 Å². The predicted molar refractivity (Wildman–Crippen MR) is 115 cm³/mol. The molecule has 0 amide bonds. The summed E-state index contributed by atoms with van der Waals surface area (Å²) < 4.78 is 27.7. The van der Waals surface area contributed by atoms with Gasteiger partial charge in [0.25, 0.3) is 15.7 Å². The van der Waals surface area contributed by atoms with Crippen LogP contribution in [0.4, 0.5) is 5.69 Å². The minimum Gasteiger partial charge on any atom is -0.260 e. The van der Waals surface area contributed by atoms with Crippen molar-refractivity contribution in [2.24, 2.45) is 4.99 Å². The highest BCUT2D eigenvalue weighted by Gasteiger charge is 2.31. The minimum atomic E-state index is -3.71. The first-order chi connectivity index (χ1) is 13.9. The van der Waals surface area contributed by atoms with E-state index in [1.165, 1.54) is 28.2 Å². The van der Waals surface area contributed by atoms with Crippen LogP contribution in [0.3, 0.4) is 0 Å². The van der Waals surface area contributed by atoms with E-state index in [9.17, 15) is 18.5 Å². The summed E-state index contributed by atoms with van der Waals surface area (Å²) in [4.78, 5) is 14.9. The van der Waals surface area contributed by atoms with Crippen LogP contribution in [0.25, 0.3) is 10.8 Å². The lowest BCUT2D eigenvalue weighted by Gasteiger charge is -2.20. The molecule has 0 unspecified atom stereocenters. The first-order valence-electron chi connectivity index (χ1n) is 8.87. The van der Waals surface area contributed by atoms with E-state index in [1.54, 1.807) is 30.3 Å². The van der Waals surface area contributed by atoms with Gasteiger partial charge >= 0.3 is 0 Å². The summed E-state index contributed by atoms with van der Waals surface area (Å²) >= 11 is 1.31. The number of aliphatic imine (C=N–C) groups is 1. The second kappa shape index (κ2) is 7.84. The molecule has 0 atom stereocenters. The molecule has 1 heterocycles. The molecule has 3 aromatic rings. The lowest BCUT2D eigenvalue weighted by molar-refractivity contribution is -0.384. The van der Waals surface area contributed by atoms with Crippen molar-refractivity contribution in [1.82, 2.24) is 4.31 Å². The average molecular weight is 428 g/mol. The number of benzene rings is 3. The number of non-ortho nitro benzene ring substituents is 1. The molecule has 1 aliphatic rings. The fourth-order valence-corrected chi connectivity index (χ4v) is 5.78. The van der Waals surface area contributed by atoms with Crippen molar-refractivity contribution in [3.05, 3.63) is 82.4 Å². The second-order valence-electron chi connectivity index (χ2n) is 6.46. The van der Waals surface area contributed by atoms with Crippen LogP contribution in [0.2, 0.25) is 0 Å². The summed E-state index contributed by atoms with van der Waals surface area (Å²) in [5, 5.41) is 13.0. The average Bonchev–Trinajstić information content (AvgIpc) is 3.22. The van der Waals surface area contributed by atoms with Gasteiger partial charge in [0.1, 0.15) is 0 Å². The molecule has 0 spiro atoms. The quantitative estimate of drug-likeness (QED) is 0.452. The molecule has 9 heteroatoms. The van der Waals surface area contributed by atoms with Crippen LogP contribution >= 0.6 is 11.8 Å². The van der Waals surface area contributed by atoms with Gasteiger partial charge < -0.3 is 0 Å². The molecule has 7 nitrogen and oxygen atoms in total. The van der Waals surface area contributed by atoms with Crippen LogP contribution in [0.15, 0.2) is 76.6 Å². The zero-order chi connectivity index (χ0) is 20.4. The molecule has 148 valence electrons. The standard InChI is InChI=1S/C20H17N3O4S2/c24-23(25)18-8-5-15(6-9-18)14-28-20-21-11-12-22(20)29(26,27)19-10-7-16-3-1-2-4-17(16)13-19/h1-10,13H,11-12,14H2. The van der Waals surface area contributed by atoms with Gasteiger partial charge in [-0.1, -0.05) is 54.2 Å². The molecular weight excluding hydrogens is 410 g/mol. The number of nitro groups is 1. The largest absolute Gasteiger partial charge is 0.269 e. The van der Waals surface area contributed by atoms with Crippen LogP contribution < -0.4 is 0 Å². The van der Waals surface area contributed by atoms with E-state index >= 15 is 0 Å². The van der Waals surface area contributed by atoms with Crippen LogP contribution in [0.5, 0.6) is 0 Å². The van der Waals surface area contributed by atoms with Crippen molar-refractivity contribution in [3.8, 4) is 0 Å². The summed E-state index contributed by atoms with van der Waals surface area (Å²) in [6.45, 7) is 0.715. The Morgan fingerprint density at radius 1 is 1.03 bits per heavy atom. The van der Waals surface area contributed by atoms with Crippen LogP contribution in [0.1, 0.15) is 5.56 Å². The number of rotatable bonds is 5. The van der Waals surface area contributed by atoms with E-state index in [0.29, 0.717) is 24.0 Å². The Hall–Kier alpha value is -2.91. The summed E-state index contributed by atoms with van der Waals surface area (Å²) in [5.41, 5.74) is 0.885. The highest BCUT2D eigenvalue weighted by Crippen LogP contribution is 2.28. The van der Waals surface area contributed by atoms with Gasteiger partial charge in [0, 0.05) is 17.9 Å². The van der Waals surface area contributed by atoms with Crippen molar-refractivity contribution in [2.45, 2.75) is 10.6 Å². The lowest BCUT2D eigenvalue weighted by Crippen LogP contribution is -2.32. The Morgan fingerprint density at radius 2 is 1.76 bits per heavy atom. The third kappa shape index (κ3) is 3.96. The maximum atomic E-state index is 13.2. The number of nitrogens with zero attached hydrogens (tertiary/aromatic N) is 3. The monoisotopic (exact) mass is 427 g/mol. The lowest BCUT2D eigenvalue weighted by atomic mass is 10.1. The molecule has 0 fully saturated rings. The first-order valence-corrected chi connectivity index (χ1v) is 11.3. The Bertz CT molecular complexity index is 1210. The number of nitro benzene ring substituents is 1. The number of fused-ring (bicyclic) bond motifs is 1. The summed E-state index contributed by atoms with van der Waals surface area (Å²) in [7, 11) is -3.71. The van der Waals surface area contributed by atoms with Crippen molar-refractivity contribution in [3.63, 3.8) is 0 Å². The van der Waals surface area contributed by atoms with E-state index in [2.05, 4.69) is 4.99 Å². The van der Waals surface area contributed by atoms with Crippen molar-refractivity contribution < 1.29 is 13.3 Å². The van der Waals surface area contributed by atoms with Gasteiger partial charge in [0.2, 0.25) is 0 Å². The fourth-order valence-electron chi connectivity index (χ4n) is 3.07. The SMILES string of the molecule is O=[N+]([O-])c1ccc(CSC2=NCCN2S(=O)(=O)c2ccc3ccccc3c2)cc1. The van der Waals surface area contributed by atoms with Crippen molar-refractivity contribution in [1.29, 1.82) is 0 Å². The molecule has 0 radical (unpaired) electrons. The Kier molecular flexibility index (Phi) is 5.25. The number of sulfonamides is 1. The third-order valence-electron chi connectivity index (χ3n) is 4.59. The third-order valence-corrected chi connectivity index (χ3v) is 7.57. The maximum Gasteiger partial charge on any atom is 0.269 e. The van der Waals surface area contributed by atoms with Crippen LogP contribution in [-0.4, -0.2) is 35.9 Å². The maximum absolute atomic E-state index is 13.2. The van der Waals surface area contributed by atoms with Gasteiger partial charge in [0.05, 0.1) is 22.9 Å². The van der Waals surface area contributed by atoms with Crippen LogP contribution in [0, 0.1) is 10.1 Å². The summed E-state index contributed by atoms with van der Waals surface area (Å²) in [6, 6.07) is 18.9. The second-order valence-corrected chi connectivity index (χ2v) is 9.27. The molecule has 1 aliphatic heterocycles. The smallest absolute Gasteiger partial charge is 0.260 e. The fraction of sp³-hybridized carbons (Fsp3) is 0.150. The summed E-state index contributed by atoms with van der Waals surface area (Å²) in [6.07, 6.45) is 0. The van der Waals surface area contributed by atoms with Gasteiger partial charge in [-0.3, -0.25) is 15.1 Å². The number of hydrogen-bond acceptors (Lipinski definition) is 6. The molecule has 0 aliphatic carbocycles. The number of amidine groups is 1. The topological polar surface area (TPSA) is 92.9 Å². The first kappa shape index (κ1) is 19.4. The van der Waals surface area contributed by atoms with E-state index in [-0.39, 0.29) is 10.6 Å². The predicted octanol–water partition coefficient (Wildman–Crippen LogP) is 4.04. The number of hydrogen-bond donors (Lipinski definition) is 0. The molecule has 29 heavy (non-hydrogen) atoms. The van der Waals surface area contributed by atoms with E-state index in [4.69, 9.17) is 0 Å². The van der Waals surface area contributed by atoms with E-state index in [0.717, 1.165) is 16.3 Å². The molecule has 0 N–H and O–H groups in total. The van der Waals surface area contributed by atoms with Gasteiger partial charge in [0.15, 0.2) is 5.17 Å². The van der Waals surface area contributed by atoms with Gasteiger partial charge in [-0.05, 0) is 28.5 Å². The normalized spacial score (nSPS) is 14.2. The molecule has 0 bridgehead atoms. The molecule has 0 saturated heterocycles. The zero-order valence-corrected chi connectivity index (χ0v) is 16.9. The highest BCUT2D eigenvalue weighted by atomic mass is 32.2. The Morgan fingerprint density at radius 3 is 2.48 bits per heavy atom. The van der Waals surface area contributed by atoms with E-state index < -0.39 is 14.9 Å². The molecule has 4 rings (SSSR count). The zero-order valence-electron chi connectivity index (χ0n) is 15.3. The van der Waals surface area contributed by atoms with Crippen LogP contribution in [-0.2, 0) is 15.8 Å². The molecular formula is C20H17N3O4S2. The van der Waals surface area contributed by atoms with Gasteiger partial charge in [-0.25, -0.2) is 12.7 Å². The number of thioether (sulfide) groups is 1. The summed E-state index contributed by atoms with van der Waals surface area (Å²) in [5.74, 6) is 0.473. The van der Waals surface area contributed by atoms with E-state index in [1.807, 2.05) is 24.3 Å². The van der Waals surface area contributed by atoms with Gasteiger partial charge in [-0.2, -0.15) is 0 Å². The molecule has 0 saturated carbocycles. The minimum absolute atomic E-state index is 0.0254. The Balaban J connectivity index is 1.52. The Labute approximate surface area is 172 Å². The highest BCUT2D eigenvalue weighted by molar-refractivity contribution is 8.14. The van der Waals surface area contributed by atoms with Crippen molar-refractivity contribution >= 4 is 43.4 Å². The molecule has 3 aromatic carbocycles.